The first-order valence-corrected chi connectivity index (χ1v) is 7.03. The summed E-state index contributed by atoms with van der Waals surface area (Å²) in [6, 6.07) is 4.47. The van der Waals surface area contributed by atoms with E-state index in [1.165, 1.54) is 29.5 Å². The van der Waals surface area contributed by atoms with Gasteiger partial charge in [0.15, 0.2) is 0 Å². The van der Waals surface area contributed by atoms with Crippen molar-refractivity contribution in [3.8, 4) is 5.75 Å². The zero-order valence-corrected chi connectivity index (χ0v) is 12.0. The van der Waals surface area contributed by atoms with Gasteiger partial charge in [-0.1, -0.05) is 26.0 Å². The molecular weight excluding hydrogens is 222 g/mol. The molecule has 1 aliphatic rings. The van der Waals surface area contributed by atoms with Crippen LogP contribution in [0.3, 0.4) is 0 Å². The molecule has 0 amide bonds. The summed E-state index contributed by atoms with van der Waals surface area (Å²) in [6.45, 7) is 8.91. The van der Waals surface area contributed by atoms with Crippen molar-refractivity contribution in [1.29, 1.82) is 0 Å². The molecule has 1 saturated heterocycles. The highest BCUT2D eigenvalue weighted by molar-refractivity contribution is 5.49. The highest BCUT2D eigenvalue weighted by Gasteiger charge is 2.24. The maximum Gasteiger partial charge on any atom is 0.125 e. The summed E-state index contributed by atoms with van der Waals surface area (Å²) in [4.78, 5) is 0. The summed E-state index contributed by atoms with van der Waals surface area (Å²) in [5.74, 6) is 2.26. The summed E-state index contributed by atoms with van der Waals surface area (Å²) < 4.78 is 5.69. The molecule has 1 aliphatic heterocycles. The Kier molecular flexibility index (Phi) is 4.28. The number of methoxy groups -OCH3 is 1. The monoisotopic (exact) mass is 247 g/mol. The number of nitrogens with one attached hydrogen (secondary N) is 1. The zero-order chi connectivity index (χ0) is 13.1. The molecule has 0 spiro atoms. The van der Waals surface area contributed by atoms with Crippen LogP contribution in [0.1, 0.15) is 55.2 Å². The fourth-order valence-electron chi connectivity index (χ4n) is 3.02. The molecule has 1 heterocycles. The Bertz CT molecular complexity index is 406. The lowest BCUT2D eigenvalue weighted by Crippen LogP contribution is -2.29. The van der Waals surface area contributed by atoms with Crippen LogP contribution in [-0.4, -0.2) is 20.2 Å². The third-order valence-corrected chi connectivity index (χ3v) is 3.96. The molecule has 0 bridgehead atoms. The maximum absolute atomic E-state index is 5.69. The van der Waals surface area contributed by atoms with Crippen molar-refractivity contribution >= 4 is 0 Å². The summed E-state index contributed by atoms with van der Waals surface area (Å²) in [7, 11) is 1.80. The number of rotatable bonds is 3. The van der Waals surface area contributed by atoms with Crippen LogP contribution in [0.15, 0.2) is 12.1 Å². The molecule has 0 radical (unpaired) electrons. The van der Waals surface area contributed by atoms with E-state index in [9.17, 15) is 0 Å². The number of aryl methyl sites for hydroxylation is 1. The van der Waals surface area contributed by atoms with E-state index in [0.717, 1.165) is 18.8 Å². The van der Waals surface area contributed by atoms with Gasteiger partial charge in [0.1, 0.15) is 5.75 Å². The van der Waals surface area contributed by atoms with Crippen molar-refractivity contribution in [2.24, 2.45) is 0 Å². The van der Waals surface area contributed by atoms with Crippen LogP contribution >= 0.6 is 0 Å². The Hall–Kier alpha value is -1.02. The molecule has 0 aromatic heterocycles. The van der Waals surface area contributed by atoms with Crippen LogP contribution in [0.2, 0.25) is 0 Å². The fraction of sp³-hybridized carbons (Fsp3) is 0.625. The Morgan fingerprint density at radius 1 is 1.33 bits per heavy atom. The van der Waals surface area contributed by atoms with E-state index in [1.807, 2.05) is 0 Å². The number of benzene rings is 1. The lowest BCUT2D eigenvalue weighted by molar-refractivity contribution is 0.387. The van der Waals surface area contributed by atoms with E-state index in [2.05, 4.69) is 38.2 Å². The van der Waals surface area contributed by atoms with E-state index in [4.69, 9.17) is 4.74 Å². The van der Waals surface area contributed by atoms with E-state index >= 15 is 0 Å². The molecule has 1 aromatic rings. The zero-order valence-electron chi connectivity index (χ0n) is 12.0. The minimum atomic E-state index is 0.552. The quantitative estimate of drug-likeness (QED) is 0.881. The molecular formula is C16H25NO. The Labute approximate surface area is 111 Å². The van der Waals surface area contributed by atoms with Crippen molar-refractivity contribution in [2.45, 2.75) is 45.4 Å². The van der Waals surface area contributed by atoms with Gasteiger partial charge in [0.25, 0.3) is 0 Å². The molecule has 0 saturated carbocycles. The molecule has 1 aromatic carbocycles. The van der Waals surface area contributed by atoms with Gasteiger partial charge < -0.3 is 10.1 Å². The van der Waals surface area contributed by atoms with Gasteiger partial charge in [-0.25, -0.2) is 0 Å². The molecule has 18 heavy (non-hydrogen) atoms. The standard InChI is InChI=1S/C16H25NO/c1-11(2)14-8-7-12(3)16(18-4)15(14)13-6-5-9-17-10-13/h7-8,11,13,17H,5-6,9-10H2,1-4H3. The first kappa shape index (κ1) is 13.4. The molecule has 1 atom stereocenters. The highest BCUT2D eigenvalue weighted by Crippen LogP contribution is 2.39. The van der Waals surface area contributed by atoms with Crippen molar-refractivity contribution in [3.05, 3.63) is 28.8 Å². The number of piperidine rings is 1. The van der Waals surface area contributed by atoms with Gasteiger partial charge in [0, 0.05) is 18.0 Å². The minimum absolute atomic E-state index is 0.552. The van der Waals surface area contributed by atoms with Gasteiger partial charge in [-0.2, -0.15) is 0 Å². The SMILES string of the molecule is COc1c(C)ccc(C(C)C)c1C1CCCNC1. The molecule has 2 rings (SSSR count). The third-order valence-electron chi connectivity index (χ3n) is 3.96. The number of ether oxygens (including phenoxy) is 1. The van der Waals surface area contributed by atoms with Gasteiger partial charge in [-0.15, -0.1) is 0 Å². The van der Waals surface area contributed by atoms with Crippen LogP contribution in [0.4, 0.5) is 0 Å². The van der Waals surface area contributed by atoms with Crippen molar-refractivity contribution < 1.29 is 4.74 Å². The van der Waals surface area contributed by atoms with Crippen molar-refractivity contribution in [2.75, 3.05) is 20.2 Å². The molecule has 1 unspecified atom stereocenters. The fourth-order valence-corrected chi connectivity index (χ4v) is 3.02. The Morgan fingerprint density at radius 2 is 2.11 bits per heavy atom. The first-order chi connectivity index (χ1) is 8.65. The average molecular weight is 247 g/mol. The first-order valence-electron chi connectivity index (χ1n) is 7.03. The smallest absolute Gasteiger partial charge is 0.125 e. The van der Waals surface area contributed by atoms with Gasteiger partial charge in [0.05, 0.1) is 7.11 Å². The second kappa shape index (κ2) is 5.75. The molecule has 1 N–H and O–H groups in total. The van der Waals surface area contributed by atoms with E-state index in [1.54, 1.807) is 7.11 Å². The summed E-state index contributed by atoms with van der Waals surface area (Å²) >= 11 is 0. The summed E-state index contributed by atoms with van der Waals surface area (Å²) in [5.41, 5.74) is 4.15. The highest BCUT2D eigenvalue weighted by atomic mass is 16.5. The van der Waals surface area contributed by atoms with E-state index in [-0.39, 0.29) is 0 Å². The van der Waals surface area contributed by atoms with Crippen LogP contribution in [0.25, 0.3) is 0 Å². The summed E-state index contributed by atoms with van der Waals surface area (Å²) in [5, 5.41) is 3.51. The molecule has 100 valence electrons. The van der Waals surface area contributed by atoms with Crippen LogP contribution in [0.5, 0.6) is 5.75 Å². The second-order valence-electron chi connectivity index (χ2n) is 5.62. The van der Waals surface area contributed by atoms with Gasteiger partial charge >= 0.3 is 0 Å². The predicted molar refractivity (Wildman–Crippen MR) is 76.7 cm³/mol. The second-order valence-corrected chi connectivity index (χ2v) is 5.62. The normalized spacial score (nSPS) is 20.2. The molecule has 2 nitrogen and oxygen atoms in total. The topological polar surface area (TPSA) is 21.3 Å². The molecule has 2 heteroatoms. The number of hydrogen-bond acceptors (Lipinski definition) is 2. The number of hydrogen-bond donors (Lipinski definition) is 1. The van der Waals surface area contributed by atoms with Crippen molar-refractivity contribution in [3.63, 3.8) is 0 Å². The molecule has 0 aliphatic carbocycles. The van der Waals surface area contributed by atoms with E-state index in [0.29, 0.717) is 11.8 Å². The average Bonchev–Trinajstić information content (AvgIpc) is 2.39. The molecule has 1 fully saturated rings. The van der Waals surface area contributed by atoms with Crippen LogP contribution in [-0.2, 0) is 0 Å². The van der Waals surface area contributed by atoms with Crippen molar-refractivity contribution in [1.82, 2.24) is 5.32 Å². The van der Waals surface area contributed by atoms with Gasteiger partial charge in [0.2, 0.25) is 0 Å². The third kappa shape index (κ3) is 2.54. The maximum atomic E-state index is 5.69. The lowest BCUT2D eigenvalue weighted by Gasteiger charge is -2.29. The van der Waals surface area contributed by atoms with E-state index < -0.39 is 0 Å². The van der Waals surface area contributed by atoms with Gasteiger partial charge in [-0.3, -0.25) is 0 Å². The predicted octanol–water partition coefficient (Wildman–Crippen LogP) is 3.59. The largest absolute Gasteiger partial charge is 0.496 e. The lowest BCUT2D eigenvalue weighted by atomic mass is 9.83. The Morgan fingerprint density at radius 3 is 2.67 bits per heavy atom. The Balaban J connectivity index is 2.48. The van der Waals surface area contributed by atoms with Crippen LogP contribution < -0.4 is 10.1 Å². The van der Waals surface area contributed by atoms with Crippen LogP contribution in [0, 0.1) is 6.92 Å². The minimum Gasteiger partial charge on any atom is -0.496 e. The van der Waals surface area contributed by atoms with Gasteiger partial charge in [-0.05, 0) is 43.4 Å². The summed E-state index contributed by atoms with van der Waals surface area (Å²) in [6.07, 6.45) is 2.53.